The highest BCUT2D eigenvalue weighted by Crippen LogP contribution is 2.35. The summed E-state index contributed by atoms with van der Waals surface area (Å²) in [4.78, 5) is 15.0. The van der Waals surface area contributed by atoms with Gasteiger partial charge >= 0.3 is 0 Å². The molecule has 132 valence electrons. The Morgan fingerprint density at radius 1 is 1.04 bits per heavy atom. The molecule has 1 amide bonds. The average molecular weight is 331 g/mol. The zero-order valence-corrected chi connectivity index (χ0v) is 14.9. The van der Waals surface area contributed by atoms with Crippen molar-refractivity contribution in [3.8, 4) is 11.5 Å². The molecule has 0 aromatic heterocycles. The highest BCUT2D eigenvalue weighted by Gasteiger charge is 2.35. The summed E-state index contributed by atoms with van der Waals surface area (Å²) in [6.07, 6.45) is 8.90. The van der Waals surface area contributed by atoms with E-state index in [2.05, 4.69) is 4.90 Å². The molecule has 1 aromatic carbocycles. The molecule has 2 aliphatic rings. The number of fused-ring (bicyclic) bond motifs is 1. The summed E-state index contributed by atoms with van der Waals surface area (Å²) in [6.45, 7) is 0.946. The lowest BCUT2D eigenvalue weighted by Gasteiger charge is -2.44. The summed E-state index contributed by atoms with van der Waals surface area (Å²) in [7, 11) is 3.31. The number of carbonyl (C=O) groups is 1. The molecule has 1 heterocycles. The summed E-state index contributed by atoms with van der Waals surface area (Å²) in [5.74, 6) is 2.62. The molecule has 0 N–H and O–H groups in total. The van der Waals surface area contributed by atoms with E-state index in [0.717, 1.165) is 35.9 Å². The molecule has 24 heavy (non-hydrogen) atoms. The van der Waals surface area contributed by atoms with E-state index >= 15 is 0 Å². The molecule has 4 heteroatoms. The number of piperidine rings is 1. The van der Waals surface area contributed by atoms with Gasteiger partial charge in [-0.15, -0.1) is 0 Å². The molecule has 2 atom stereocenters. The maximum atomic E-state index is 12.8. The van der Waals surface area contributed by atoms with Gasteiger partial charge in [0, 0.05) is 25.1 Å². The zero-order valence-electron chi connectivity index (χ0n) is 14.9. The third kappa shape index (κ3) is 3.85. The van der Waals surface area contributed by atoms with Crippen molar-refractivity contribution in [1.82, 2.24) is 4.90 Å². The van der Waals surface area contributed by atoms with Crippen LogP contribution in [0.25, 0.3) is 0 Å². The Morgan fingerprint density at radius 3 is 2.42 bits per heavy atom. The molecule has 1 aromatic rings. The number of amides is 1. The summed E-state index contributed by atoms with van der Waals surface area (Å²) in [5.41, 5.74) is 1.09. The van der Waals surface area contributed by atoms with Gasteiger partial charge in [0.05, 0.1) is 14.2 Å². The lowest BCUT2D eigenvalue weighted by atomic mass is 9.78. The maximum absolute atomic E-state index is 12.8. The van der Waals surface area contributed by atoms with E-state index in [9.17, 15) is 4.79 Å². The second-order valence-corrected chi connectivity index (χ2v) is 7.06. The van der Waals surface area contributed by atoms with Gasteiger partial charge in [0.1, 0.15) is 11.5 Å². The number of benzene rings is 1. The van der Waals surface area contributed by atoms with Crippen LogP contribution in [0, 0.1) is 5.92 Å². The number of methoxy groups -OCH3 is 2. The highest BCUT2D eigenvalue weighted by molar-refractivity contribution is 5.77. The molecular weight excluding hydrogens is 302 g/mol. The predicted octanol–water partition coefficient (Wildman–Crippen LogP) is 3.82. The van der Waals surface area contributed by atoms with Crippen molar-refractivity contribution < 1.29 is 14.3 Å². The molecule has 1 saturated carbocycles. The van der Waals surface area contributed by atoms with Crippen LogP contribution in [-0.2, 0) is 11.2 Å². The molecule has 3 rings (SSSR count). The SMILES string of the molecule is COc1cc(CCC(=O)N2CCCC3CCCCC32)cc(OC)c1. The summed E-state index contributed by atoms with van der Waals surface area (Å²) >= 11 is 0. The number of ether oxygens (including phenoxy) is 2. The fourth-order valence-electron chi connectivity index (χ4n) is 4.34. The third-order valence-electron chi connectivity index (χ3n) is 5.60. The standard InChI is InChI=1S/C20H29NO3/c1-23-17-12-15(13-18(14-17)24-2)9-10-20(22)21-11-5-7-16-6-3-4-8-19(16)21/h12-14,16,19H,3-11H2,1-2H3. The Balaban J connectivity index is 1.62. The Kier molecular flexibility index (Phi) is 5.64. The van der Waals surface area contributed by atoms with Crippen molar-refractivity contribution in [1.29, 1.82) is 0 Å². The smallest absolute Gasteiger partial charge is 0.223 e. The van der Waals surface area contributed by atoms with Crippen LogP contribution < -0.4 is 9.47 Å². The van der Waals surface area contributed by atoms with E-state index in [0.29, 0.717) is 18.4 Å². The van der Waals surface area contributed by atoms with Gasteiger partial charge in [0.15, 0.2) is 0 Å². The van der Waals surface area contributed by atoms with Crippen molar-refractivity contribution in [2.45, 2.75) is 57.4 Å². The van der Waals surface area contributed by atoms with Gasteiger partial charge < -0.3 is 14.4 Å². The topological polar surface area (TPSA) is 38.8 Å². The monoisotopic (exact) mass is 331 g/mol. The van der Waals surface area contributed by atoms with Gasteiger partial charge in [-0.25, -0.2) is 0 Å². The molecule has 1 aliphatic carbocycles. The fraction of sp³-hybridized carbons (Fsp3) is 0.650. The predicted molar refractivity (Wildman–Crippen MR) is 94.6 cm³/mol. The summed E-state index contributed by atoms with van der Waals surface area (Å²) in [6, 6.07) is 6.35. The first kappa shape index (κ1) is 17.1. The molecule has 1 saturated heterocycles. The Hall–Kier alpha value is -1.71. The minimum atomic E-state index is 0.313. The minimum Gasteiger partial charge on any atom is -0.497 e. The normalized spacial score (nSPS) is 23.5. The van der Waals surface area contributed by atoms with Crippen LogP contribution in [0.2, 0.25) is 0 Å². The van der Waals surface area contributed by atoms with Crippen molar-refractivity contribution in [2.24, 2.45) is 5.92 Å². The van der Waals surface area contributed by atoms with Crippen LogP contribution in [-0.4, -0.2) is 37.6 Å². The zero-order chi connectivity index (χ0) is 16.9. The average Bonchev–Trinajstić information content (AvgIpc) is 2.65. The van der Waals surface area contributed by atoms with Gasteiger partial charge in [-0.05, 0) is 55.7 Å². The van der Waals surface area contributed by atoms with Crippen LogP contribution in [0.15, 0.2) is 18.2 Å². The number of carbonyl (C=O) groups excluding carboxylic acids is 1. The third-order valence-corrected chi connectivity index (χ3v) is 5.60. The van der Waals surface area contributed by atoms with Gasteiger partial charge in [-0.1, -0.05) is 12.8 Å². The Bertz CT molecular complexity index is 548. The van der Waals surface area contributed by atoms with Gasteiger partial charge in [0.2, 0.25) is 5.91 Å². The lowest BCUT2D eigenvalue weighted by molar-refractivity contribution is -0.137. The van der Waals surface area contributed by atoms with E-state index in [1.165, 1.54) is 38.5 Å². The number of hydrogen-bond donors (Lipinski definition) is 0. The highest BCUT2D eigenvalue weighted by atomic mass is 16.5. The summed E-state index contributed by atoms with van der Waals surface area (Å²) in [5, 5.41) is 0. The van der Waals surface area contributed by atoms with Crippen LogP contribution in [0.3, 0.4) is 0 Å². The van der Waals surface area contributed by atoms with Crippen LogP contribution >= 0.6 is 0 Å². The van der Waals surface area contributed by atoms with Crippen molar-refractivity contribution in [3.05, 3.63) is 23.8 Å². The quantitative estimate of drug-likeness (QED) is 0.823. The molecule has 1 aliphatic heterocycles. The molecular formula is C20H29NO3. The number of aryl methyl sites for hydroxylation is 1. The van der Waals surface area contributed by atoms with Crippen LogP contribution in [0.4, 0.5) is 0 Å². The largest absolute Gasteiger partial charge is 0.497 e. The number of hydrogen-bond acceptors (Lipinski definition) is 3. The molecule has 4 nitrogen and oxygen atoms in total. The van der Waals surface area contributed by atoms with E-state index in [-0.39, 0.29) is 0 Å². The first-order valence-corrected chi connectivity index (χ1v) is 9.22. The second-order valence-electron chi connectivity index (χ2n) is 7.06. The van der Waals surface area contributed by atoms with Crippen molar-refractivity contribution >= 4 is 5.91 Å². The maximum Gasteiger partial charge on any atom is 0.223 e. The summed E-state index contributed by atoms with van der Waals surface area (Å²) < 4.78 is 10.6. The van der Waals surface area contributed by atoms with E-state index in [4.69, 9.17) is 9.47 Å². The van der Waals surface area contributed by atoms with Crippen LogP contribution in [0.1, 0.15) is 50.5 Å². The first-order chi connectivity index (χ1) is 11.7. The van der Waals surface area contributed by atoms with Gasteiger partial charge in [-0.3, -0.25) is 4.79 Å². The van der Waals surface area contributed by atoms with Crippen molar-refractivity contribution in [2.75, 3.05) is 20.8 Å². The second kappa shape index (κ2) is 7.91. The Morgan fingerprint density at radius 2 is 1.71 bits per heavy atom. The van der Waals surface area contributed by atoms with Gasteiger partial charge in [0.25, 0.3) is 0 Å². The molecule has 0 bridgehead atoms. The molecule has 0 spiro atoms. The van der Waals surface area contributed by atoms with Crippen molar-refractivity contribution in [3.63, 3.8) is 0 Å². The molecule has 0 radical (unpaired) electrons. The van der Waals surface area contributed by atoms with E-state index in [1.54, 1.807) is 14.2 Å². The molecule has 2 fully saturated rings. The fourth-order valence-corrected chi connectivity index (χ4v) is 4.34. The van der Waals surface area contributed by atoms with E-state index < -0.39 is 0 Å². The lowest BCUT2D eigenvalue weighted by Crippen LogP contribution is -2.49. The molecule has 2 unspecified atom stereocenters. The Labute approximate surface area is 145 Å². The first-order valence-electron chi connectivity index (χ1n) is 9.22. The number of nitrogens with zero attached hydrogens (tertiary/aromatic N) is 1. The van der Waals surface area contributed by atoms with Gasteiger partial charge in [-0.2, -0.15) is 0 Å². The van der Waals surface area contributed by atoms with E-state index in [1.807, 2.05) is 18.2 Å². The number of rotatable bonds is 5. The number of likely N-dealkylation sites (tertiary alicyclic amines) is 1. The van der Waals surface area contributed by atoms with Crippen LogP contribution in [0.5, 0.6) is 11.5 Å². The minimum absolute atomic E-state index is 0.313.